The smallest absolute Gasteiger partial charge is 0.0626 e. The van der Waals surface area contributed by atoms with Crippen LogP contribution in [-0.2, 0) is 0 Å². The van der Waals surface area contributed by atoms with Crippen molar-refractivity contribution in [3.63, 3.8) is 0 Å². The minimum absolute atomic E-state index is 0.375. The molecule has 1 aromatic carbocycles. The van der Waals surface area contributed by atoms with Crippen molar-refractivity contribution in [1.29, 1.82) is 0 Å². The molecule has 13 heavy (non-hydrogen) atoms. The van der Waals surface area contributed by atoms with Crippen LogP contribution in [0.25, 0.3) is 0 Å². The van der Waals surface area contributed by atoms with Gasteiger partial charge in [-0.1, -0.05) is 42.5 Å². The molecule has 0 amide bonds. The molecule has 1 aliphatic rings. The molecular formula is C12H11N. The Hall–Kier alpha value is -1.63. The molecular weight excluding hydrogens is 158 g/mol. The molecule has 0 radical (unpaired) electrons. The summed E-state index contributed by atoms with van der Waals surface area (Å²) in [5, 5.41) is 0. The molecule has 0 spiro atoms. The summed E-state index contributed by atoms with van der Waals surface area (Å²) in [7, 11) is 0. The topological polar surface area (TPSA) is 12.4 Å². The van der Waals surface area contributed by atoms with Gasteiger partial charge < -0.3 is 0 Å². The molecule has 0 aliphatic heterocycles. The van der Waals surface area contributed by atoms with Gasteiger partial charge in [-0.05, 0) is 12.1 Å². The highest BCUT2D eigenvalue weighted by Crippen LogP contribution is 2.12. The van der Waals surface area contributed by atoms with Crippen LogP contribution >= 0.6 is 0 Å². The zero-order valence-electron chi connectivity index (χ0n) is 7.30. The van der Waals surface area contributed by atoms with Crippen LogP contribution in [0.3, 0.4) is 0 Å². The minimum atomic E-state index is 0.375. The van der Waals surface area contributed by atoms with Crippen LogP contribution in [0.15, 0.2) is 59.6 Å². The first kappa shape index (κ1) is 7.99. The van der Waals surface area contributed by atoms with Crippen molar-refractivity contribution in [2.45, 2.75) is 0 Å². The van der Waals surface area contributed by atoms with Gasteiger partial charge in [-0.2, -0.15) is 0 Å². The molecule has 64 valence electrons. The molecule has 1 heteroatoms. The van der Waals surface area contributed by atoms with E-state index in [1.165, 1.54) is 0 Å². The number of rotatable bonds is 2. The summed E-state index contributed by atoms with van der Waals surface area (Å²) in [4.78, 5) is 4.36. The van der Waals surface area contributed by atoms with E-state index in [9.17, 15) is 0 Å². The molecule has 1 aromatic rings. The predicted molar refractivity (Wildman–Crippen MR) is 56.4 cm³/mol. The summed E-state index contributed by atoms with van der Waals surface area (Å²) < 4.78 is 0. The van der Waals surface area contributed by atoms with Crippen LogP contribution in [0.2, 0.25) is 0 Å². The lowest BCUT2D eigenvalue weighted by atomic mass is 10.2. The number of hydrogen-bond donors (Lipinski definition) is 0. The van der Waals surface area contributed by atoms with Gasteiger partial charge in [0.25, 0.3) is 0 Å². The molecule has 0 bridgehead atoms. The Morgan fingerprint density at radius 3 is 2.38 bits per heavy atom. The van der Waals surface area contributed by atoms with Crippen molar-refractivity contribution in [2.24, 2.45) is 10.9 Å². The predicted octanol–water partition coefficient (Wildman–Crippen LogP) is 3.13. The van der Waals surface area contributed by atoms with Crippen molar-refractivity contribution < 1.29 is 0 Å². The number of aliphatic imine (C=N–C) groups is 1. The van der Waals surface area contributed by atoms with Crippen molar-refractivity contribution >= 4 is 11.9 Å². The maximum Gasteiger partial charge on any atom is 0.0626 e. The van der Waals surface area contributed by atoms with Crippen LogP contribution < -0.4 is 0 Å². The summed E-state index contributed by atoms with van der Waals surface area (Å²) in [6.07, 6.45) is 10.3. The van der Waals surface area contributed by atoms with Crippen LogP contribution in [0, 0.1) is 5.92 Å². The fourth-order valence-corrected chi connectivity index (χ4v) is 1.23. The van der Waals surface area contributed by atoms with Crippen LogP contribution in [-0.4, -0.2) is 6.21 Å². The maximum absolute atomic E-state index is 4.36. The summed E-state index contributed by atoms with van der Waals surface area (Å²) in [6, 6.07) is 9.98. The highest BCUT2D eigenvalue weighted by Gasteiger charge is 1.97. The number of hydrogen-bond acceptors (Lipinski definition) is 1. The molecule has 0 fully saturated rings. The second-order valence-corrected chi connectivity index (χ2v) is 2.96. The Balaban J connectivity index is 2.05. The fraction of sp³-hybridized carbons (Fsp3) is 0.0833. The van der Waals surface area contributed by atoms with E-state index in [1.54, 1.807) is 0 Å². The van der Waals surface area contributed by atoms with Gasteiger partial charge in [0, 0.05) is 12.1 Å². The highest BCUT2D eigenvalue weighted by molar-refractivity contribution is 5.70. The third-order valence-electron chi connectivity index (χ3n) is 1.93. The highest BCUT2D eigenvalue weighted by atomic mass is 14.7. The first-order chi connectivity index (χ1) is 6.45. The molecule has 1 nitrogen and oxygen atoms in total. The van der Waals surface area contributed by atoms with Crippen molar-refractivity contribution in [2.75, 3.05) is 0 Å². The average Bonchev–Trinajstić information content (AvgIpc) is 2.69. The zero-order valence-corrected chi connectivity index (χ0v) is 7.30. The van der Waals surface area contributed by atoms with Gasteiger partial charge >= 0.3 is 0 Å². The summed E-state index contributed by atoms with van der Waals surface area (Å²) in [5.41, 5.74) is 1.01. The molecule has 0 saturated carbocycles. The lowest BCUT2D eigenvalue weighted by molar-refractivity contribution is 1.19. The number of nitrogens with zero attached hydrogens (tertiary/aromatic N) is 1. The van der Waals surface area contributed by atoms with E-state index >= 15 is 0 Å². The van der Waals surface area contributed by atoms with Gasteiger partial charge in [-0.25, -0.2) is 0 Å². The average molecular weight is 169 g/mol. The van der Waals surface area contributed by atoms with Crippen LogP contribution in [0.5, 0.6) is 0 Å². The second-order valence-electron chi connectivity index (χ2n) is 2.96. The lowest BCUT2D eigenvalue weighted by Crippen LogP contribution is -1.88. The minimum Gasteiger partial charge on any atom is -0.260 e. The van der Waals surface area contributed by atoms with Gasteiger partial charge in [-0.15, -0.1) is 0 Å². The Morgan fingerprint density at radius 1 is 1.00 bits per heavy atom. The second kappa shape index (κ2) is 3.85. The molecule has 0 saturated heterocycles. The monoisotopic (exact) mass is 169 g/mol. The molecule has 1 aliphatic carbocycles. The van der Waals surface area contributed by atoms with Crippen molar-refractivity contribution in [3.05, 3.63) is 54.6 Å². The van der Waals surface area contributed by atoms with Gasteiger partial charge in [-0.3, -0.25) is 4.99 Å². The van der Waals surface area contributed by atoms with Gasteiger partial charge in [0.05, 0.1) is 5.69 Å². The van der Waals surface area contributed by atoms with E-state index in [1.807, 2.05) is 48.7 Å². The van der Waals surface area contributed by atoms with E-state index in [0.717, 1.165) is 5.69 Å². The van der Waals surface area contributed by atoms with Crippen molar-refractivity contribution in [3.8, 4) is 0 Å². The Kier molecular flexibility index (Phi) is 2.37. The van der Waals surface area contributed by atoms with Crippen molar-refractivity contribution in [1.82, 2.24) is 0 Å². The van der Waals surface area contributed by atoms with Crippen LogP contribution in [0.1, 0.15) is 0 Å². The number of benzene rings is 1. The van der Waals surface area contributed by atoms with Gasteiger partial charge in [0.1, 0.15) is 0 Å². The van der Waals surface area contributed by atoms with Crippen LogP contribution in [0.4, 0.5) is 5.69 Å². The Morgan fingerprint density at radius 2 is 1.69 bits per heavy atom. The largest absolute Gasteiger partial charge is 0.260 e. The lowest BCUT2D eigenvalue weighted by Gasteiger charge is -1.94. The summed E-state index contributed by atoms with van der Waals surface area (Å²) >= 11 is 0. The van der Waals surface area contributed by atoms with E-state index in [-0.39, 0.29) is 0 Å². The third kappa shape index (κ3) is 2.15. The quantitative estimate of drug-likeness (QED) is 0.603. The Labute approximate surface area is 78.1 Å². The standard InChI is InChI=1S/C12H11N/c1-2-8-12(9-3-1)13-10-11-6-4-5-7-11/h1-11H. The molecule has 0 atom stereocenters. The molecule has 0 heterocycles. The first-order valence-electron chi connectivity index (χ1n) is 4.39. The van der Waals surface area contributed by atoms with E-state index in [4.69, 9.17) is 0 Å². The van der Waals surface area contributed by atoms with E-state index < -0.39 is 0 Å². The maximum atomic E-state index is 4.36. The molecule has 2 rings (SSSR count). The number of allylic oxidation sites excluding steroid dienone is 4. The van der Waals surface area contributed by atoms with Gasteiger partial charge in [0.2, 0.25) is 0 Å². The first-order valence-corrected chi connectivity index (χ1v) is 4.39. The zero-order chi connectivity index (χ0) is 8.93. The SMILES string of the molecule is C1=CC(C=Nc2ccccc2)C=C1. The van der Waals surface area contributed by atoms with Gasteiger partial charge in [0.15, 0.2) is 0 Å². The summed E-state index contributed by atoms with van der Waals surface area (Å²) in [6.45, 7) is 0. The normalized spacial score (nSPS) is 16.0. The molecule has 0 N–H and O–H groups in total. The number of para-hydroxylation sites is 1. The molecule has 0 unspecified atom stereocenters. The third-order valence-corrected chi connectivity index (χ3v) is 1.93. The fourth-order valence-electron chi connectivity index (χ4n) is 1.23. The molecule has 0 aromatic heterocycles. The van der Waals surface area contributed by atoms with E-state index in [0.29, 0.717) is 5.92 Å². The van der Waals surface area contributed by atoms with E-state index in [2.05, 4.69) is 17.1 Å². The summed E-state index contributed by atoms with van der Waals surface area (Å²) in [5.74, 6) is 0.375. The Bertz CT molecular complexity index is 335.